The van der Waals surface area contributed by atoms with Crippen molar-refractivity contribution in [3.63, 3.8) is 0 Å². The van der Waals surface area contributed by atoms with Gasteiger partial charge in [0.1, 0.15) is 0 Å². The average Bonchev–Trinajstić information content (AvgIpc) is 2.81. The first kappa shape index (κ1) is 27.0. The van der Waals surface area contributed by atoms with Crippen LogP contribution >= 0.6 is 23.2 Å². The Balaban J connectivity index is 0.00000306. The molecule has 4 nitrogen and oxygen atoms in total. The van der Waals surface area contributed by atoms with E-state index >= 15 is 0 Å². The second-order valence-corrected chi connectivity index (χ2v) is 10.6. The molecule has 2 aromatic rings. The van der Waals surface area contributed by atoms with E-state index in [2.05, 4.69) is 80.3 Å². The van der Waals surface area contributed by atoms with Gasteiger partial charge in [-0.25, -0.2) is 0 Å². The number of nitrogens with zero attached hydrogens (tertiary/aromatic N) is 4. The Labute approximate surface area is 220 Å². The molecule has 0 saturated carbocycles. The van der Waals surface area contributed by atoms with Gasteiger partial charge in [0.2, 0.25) is 0 Å². The summed E-state index contributed by atoms with van der Waals surface area (Å²) in [6.45, 7) is 11.0. The Hall–Kier alpha value is -0.621. The van der Waals surface area contributed by atoms with Crippen molar-refractivity contribution in [2.24, 2.45) is 0 Å². The quantitative estimate of drug-likeness (QED) is 0.327. The predicted octanol–water partition coefficient (Wildman–Crippen LogP) is 4.53. The van der Waals surface area contributed by atoms with Crippen LogP contribution in [0.4, 0.5) is 0 Å². The number of halogens is 2. The van der Waals surface area contributed by atoms with Crippen LogP contribution in [0.2, 0.25) is 0 Å². The van der Waals surface area contributed by atoms with Crippen molar-refractivity contribution < 1.29 is 17.1 Å². The van der Waals surface area contributed by atoms with Gasteiger partial charge in [-0.3, -0.25) is 14.7 Å². The molecule has 1 radical (unpaired) electrons. The Morgan fingerprint density at radius 2 is 1.12 bits per heavy atom. The molecule has 0 N–H and O–H groups in total. The summed E-state index contributed by atoms with van der Waals surface area (Å²) in [6, 6.07) is 21.5. The van der Waals surface area contributed by atoms with Gasteiger partial charge < -0.3 is 4.90 Å². The summed E-state index contributed by atoms with van der Waals surface area (Å²) in [5.74, 6) is 0. The van der Waals surface area contributed by atoms with Gasteiger partial charge in [-0.1, -0.05) is 83.9 Å². The minimum atomic E-state index is -0.838. The van der Waals surface area contributed by atoms with Gasteiger partial charge >= 0.3 is 0 Å². The van der Waals surface area contributed by atoms with Crippen molar-refractivity contribution in [3.05, 3.63) is 71.8 Å². The van der Waals surface area contributed by atoms with E-state index < -0.39 is 4.46 Å². The molecule has 181 valence electrons. The fourth-order valence-electron chi connectivity index (χ4n) is 4.77. The molecule has 2 unspecified atom stereocenters. The number of hydrogen-bond donors (Lipinski definition) is 0. The third-order valence-corrected chi connectivity index (χ3v) is 7.60. The first-order valence-electron chi connectivity index (χ1n) is 12.0. The predicted molar refractivity (Wildman–Crippen MR) is 135 cm³/mol. The Bertz CT molecular complexity index is 808. The molecule has 4 rings (SSSR count). The molecule has 2 aliphatic heterocycles. The van der Waals surface area contributed by atoms with E-state index in [1.807, 2.05) is 0 Å². The Morgan fingerprint density at radius 1 is 0.606 bits per heavy atom. The van der Waals surface area contributed by atoms with Crippen LogP contribution < -0.4 is 0 Å². The number of fused-ring (bicyclic) bond motifs is 3. The summed E-state index contributed by atoms with van der Waals surface area (Å²) < 4.78 is -0.838. The van der Waals surface area contributed by atoms with Crippen LogP contribution in [0, 0.1) is 0 Å². The van der Waals surface area contributed by atoms with Crippen molar-refractivity contribution in [3.8, 4) is 0 Å². The summed E-state index contributed by atoms with van der Waals surface area (Å²) >= 11 is 14.0. The molecule has 2 fully saturated rings. The standard InChI is InChI=1S/C26H36Cl2N4.Mn/c27-26(28)12-15-31(23-25-10-5-2-6-11-25)17-16-29-13-7-14-30(19-21-32(26)20-18-29)22-24-8-3-1-4-9-24;/h1-6,8-11H,7,12-23H2;. The topological polar surface area (TPSA) is 13.0 Å². The minimum Gasteiger partial charge on any atom is -0.301 e. The third kappa shape index (κ3) is 8.52. The molecule has 2 atom stereocenters. The van der Waals surface area contributed by atoms with E-state index in [0.29, 0.717) is 0 Å². The van der Waals surface area contributed by atoms with E-state index in [9.17, 15) is 0 Å². The molecule has 0 amide bonds. The maximum absolute atomic E-state index is 6.99. The average molecular weight is 530 g/mol. The van der Waals surface area contributed by atoms with E-state index in [-0.39, 0.29) is 17.1 Å². The normalized spacial score (nSPS) is 25.2. The maximum Gasteiger partial charge on any atom is 0.172 e. The number of benzene rings is 2. The Morgan fingerprint density at radius 3 is 1.76 bits per heavy atom. The number of hydrogen-bond acceptors (Lipinski definition) is 4. The van der Waals surface area contributed by atoms with Crippen LogP contribution in [0.1, 0.15) is 24.0 Å². The second kappa shape index (κ2) is 13.5. The largest absolute Gasteiger partial charge is 0.301 e. The van der Waals surface area contributed by atoms with E-state index in [0.717, 1.165) is 78.4 Å². The zero-order chi connectivity index (χ0) is 22.2. The summed E-state index contributed by atoms with van der Waals surface area (Å²) in [4.78, 5) is 9.98. The summed E-state index contributed by atoms with van der Waals surface area (Å²) in [7, 11) is 0. The van der Waals surface area contributed by atoms with Crippen LogP contribution in [-0.2, 0) is 30.2 Å². The van der Waals surface area contributed by atoms with Gasteiger partial charge in [0.05, 0.1) is 0 Å². The zero-order valence-corrected chi connectivity index (χ0v) is 22.1. The van der Waals surface area contributed by atoms with Crippen LogP contribution in [0.15, 0.2) is 60.7 Å². The Kier molecular flexibility index (Phi) is 11.0. The van der Waals surface area contributed by atoms with Gasteiger partial charge in [0, 0.05) is 82.4 Å². The first-order chi connectivity index (χ1) is 15.6. The molecule has 0 spiro atoms. The molecule has 2 aromatic carbocycles. The van der Waals surface area contributed by atoms with Gasteiger partial charge in [0.15, 0.2) is 4.46 Å². The van der Waals surface area contributed by atoms with Gasteiger partial charge in [-0.2, -0.15) is 0 Å². The molecular weight excluding hydrogens is 494 g/mol. The summed E-state index contributed by atoms with van der Waals surface area (Å²) in [5, 5.41) is 0. The number of alkyl halides is 2. The molecule has 2 heterocycles. The van der Waals surface area contributed by atoms with Crippen molar-refractivity contribution in [2.45, 2.75) is 30.4 Å². The SMILES string of the molecule is ClC1(Cl)CCN(Cc2ccccc2)CCN2CCCN(Cc3ccccc3)CCN1CC2.[Mn]. The summed E-state index contributed by atoms with van der Waals surface area (Å²) in [6.07, 6.45) is 1.94. The van der Waals surface area contributed by atoms with E-state index in [1.54, 1.807) is 0 Å². The summed E-state index contributed by atoms with van der Waals surface area (Å²) in [5.41, 5.74) is 2.72. The van der Waals surface area contributed by atoms with Crippen LogP contribution in [-0.4, -0.2) is 83.0 Å². The fourth-order valence-corrected chi connectivity index (χ4v) is 5.28. The van der Waals surface area contributed by atoms with Gasteiger partial charge in [-0.15, -0.1) is 0 Å². The fraction of sp³-hybridized carbons (Fsp3) is 0.538. The monoisotopic (exact) mass is 529 g/mol. The molecule has 0 aliphatic carbocycles. The second-order valence-electron chi connectivity index (χ2n) is 9.12. The van der Waals surface area contributed by atoms with Crippen molar-refractivity contribution >= 4 is 23.2 Å². The maximum atomic E-state index is 6.99. The molecule has 2 bridgehead atoms. The molecular formula is C26H36Cl2MnN4. The van der Waals surface area contributed by atoms with Crippen LogP contribution in [0.5, 0.6) is 0 Å². The van der Waals surface area contributed by atoms with Gasteiger partial charge in [0.25, 0.3) is 0 Å². The van der Waals surface area contributed by atoms with Gasteiger partial charge in [-0.05, 0) is 30.6 Å². The van der Waals surface area contributed by atoms with E-state index in [4.69, 9.17) is 23.2 Å². The molecule has 2 saturated heterocycles. The molecule has 33 heavy (non-hydrogen) atoms. The van der Waals surface area contributed by atoms with Crippen molar-refractivity contribution in [1.29, 1.82) is 0 Å². The zero-order valence-electron chi connectivity index (χ0n) is 19.4. The third-order valence-electron chi connectivity index (χ3n) is 6.74. The van der Waals surface area contributed by atoms with E-state index in [1.165, 1.54) is 17.5 Å². The smallest absolute Gasteiger partial charge is 0.172 e. The minimum absolute atomic E-state index is 0. The number of rotatable bonds is 4. The van der Waals surface area contributed by atoms with Crippen molar-refractivity contribution in [2.75, 3.05) is 58.9 Å². The van der Waals surface area contributed by atoms with Crippen LogP contribution in [0.3, 0.4) is 0 Å². The molecule has 2 aliphatic rings. The molecule has 7 heteroatoms. The van der Waals surface area contributed by atoms with Crippen LogP contribution in [0.25, 0.3) is 0 Å². The molecule has 0 aromatic heterocycles. The first-order valence-corrected chi connectivity index (χ1v) is 12.7. The van der Waals surface area contributed by atoms with Crippen molar-refractivity contribution in [1.82, 2.24) is 19.6 Å².